The molecule has 0 unspecified atom stereocenters. The van der Waals surface area contributed by atoms with E-state index in [1.165, 1.54) is 4.80 Å². The first-order valence-electron chi connectivity index (χ1n) is 11.7. The summed E-state index contributed by atoms with van der Waals surface area (Å²) in [5, 5.41) is 18.6. The lowest BCUT2D eigenvalue weighted by atomic mass is 10.0. The molecule has 0 aliphatic carbocycles. The number of hydrogen-bond donors (Lipinski definition) is 2. The number of fused-ring (bicyclic) bond motifs is 2. The van der Waals surface area contributed by atoms with Crippen molar-refractivity contribution in [1.82, 2.24) is 34.9 Å². The number of H-pyrrole nitrogens is 1. The molecule has 37 heavy (non-hydrogen) atoms. The molecule has 0 radical (unpaired) electrons. The molecular formula is C25H20ClN7O4. The maximum atomic E-state index is 9.93. The Morgan fingerprint density at radius 2 is 1.70 bits per heavy atom. The molecule has 2 N–H and O–H groups in total. The summed E-state index contributed by atoms with van der Waals surface area (Å²) in [4.78, 5) is 18.2. The van der Waals surface area contributed by atoms with Crippen molar-refractivity contribution in [2.45, 2.75) is 24.4 Å². The molecule has 11 nitrogen and oxygen atoms in total. The highest BCUT2D eigenvalue weighted by molar-refractivity contribution is 6.33. The number of benzene rings is 1. The maximum absolute atomic E-state index is 9.93. The highest BCUT2D eigenvalue weighted by Crippen LogP contribution is 2.33. The maximum Gasteiger partial charge on any atom is 0.296 e. The van der Waals surface area contributed by atoms with E-state index in [4.69, 9.17) is 25.8 Å². The predicted octanol–water partition coefficient (Wildman–Crippen LogP) is 2.83. The summed E-state index contributed by atoms with van der Waals surface area (Å²) in [6.45, 7) is 0.548. The van der Waals surface area contributed by atoms with E-state index in [-0.39, 0.29) is 24.9 Å². The van der Waals surface area contributed by atoms with Crippen molar-refractivity contribution in [2.75, 3.05) is 13.2 Å². The van der Waals surface area contributed by atoms with Gasteiger partial charge in [0.1, 0.15) is 18.3 Å². The summed E-state index contributed by atoms with van der Waals surface area (Å²) in [6, 6.07) is 13.8. The van der Waals surface area contributed by atoms with E-state index in [9.17, 15) is 5.11 Å². The summed E-state index contributed by atoms with van der Waals surface area (Å²) >= 11 is 6.59. The van der Waals surface area contributed by atoms with Crippen LogP contribution in [-0.4, -0.2) is 77.7 Å². The van der Waals surface area contributed by atoms with Crippen LogP contribution in [0, 0.1) is 0 Å². The van der Waals surface area contributed by atoms with Crippen LogP contribution in [0.3, 0.4) is 0 Å². The van der Waals surface area contributed by atoms with E-state index < -0.39 is 6.10 Å². The number of imidazole rings is 1. The van der Waals surface area contributed by atoms with Gasteiger partial charge in [0.15, 0.2) is 17.6 Å². The number of ether oxygens (including phenoxy) is 3. The number of aliphatic hydroxyl groups excluding tert-OH is 1. The summed E-state index contributed by atoms with van der Waals surface area (Å²) in [5.41, 5.74) is 4.56. The van der Waals surface area contributed by atoms with E-state index in [1.807, 2.05) is 36.4 Å². The molecule has 0 bridgehead atoms. The standard InChI is InChI=1S/C25H20ClN7O4/c26-16-9-17-24(32-25(30-17)37-19-12-36-22-18(34)11-35-23(19)22)31-21(16)14-3-1-13(2-4-14)15-5-6-20(27-10-15)33-28-7-8-29-33/h1-10,18-19,22-23,34H,11-12H2,(H,30,31,32)/t18-,19-,22-,23-/m1/s1. The summed E-state index contributed by atoms with van der Waals surface area (Å²) in [7, 11) is 0. The Morgan fingerprint density at radius 3 is 2.49 bits per heavy atom. The van der Waals surface area contributed by atoms with Gasteiger partial charge in [-0.1, -0.05) is 35.9 Å². The molecule has 6 heterocycles. The van der Waals surface area contributed by atoms with Gasteiger partial charge in [-0.25, -0.2) is 9.97 Å². The van der Waals surface area contributed by atoms with Crippen molar-refractivity contribution in [3.05, 3.63) is 66.1 Å². The molecule has 186 valence electrons. The van der Waals surface area contributed by atoms with Crippen molar-refractivity contribution >= 4 is 22.8 Å². The minimum absolute atomic E-state index is 0.235. The second kappa shape index (κ2) is 8.89. The van der Waals surface area contributed by atoms with Gasteiger partial charge in [0, 0.05) is 17.3 Å². The van der Waals surface area contributed by atoms with Crippen LogP contribution >= 0.6 is 11.6 Å². The first-order valence-corrected chi connectivity index (χ1v) is 12.1. The molecule has 0 amide bonds. The molecular weight excluding hydrogens is 498 g/mol. The summed E-state index contributed by atoms with van der Waals surface area (Å²) < 4.78 is 17.2. The number of nitrogens with zero attached hydrogens (tertiary/aromatic N) is 6. The van der Waals surface area contributed by atoms with E-state index in [0.29, 0.717) is 40.3 Å². The van der Waals surface area contributed by atoms with Crippen LogP contribution in [0.1, 0.15) is 0 Å². The van der Waals surface area contributed by atoms with E-state index in [0.717, 1.165) is 16.7 Å². The van der Waals surface area contributed by atoms with E-state index in [2.05, 4.69) is 30.1 Å². The van der Waals surface area contributed by atoms with Crippen LogP contribution in [-0.2, 0) is 9.47 Å². The van der Waals surface area contributed by atoms with Gasteiger partial charge in [-0.2, -0.15) is 15.2 Å². The fraction of sp³-hybridized carbons (Fsp3) is 0.240. The van der Waals surface area contributed by atoms with Crippen LogP contribution < -0.4 is 4.74 Å². The Labute approximate surface area is 215 Å². The van der Waals surface area contributed by atoms with Crippen LogP contribution in [0.4, 0.5) is 0 Å². The Balaban J connectivity index is 1.11. The lowest BCUT2D eigenvalue weighted by Crippen LogP contribution is -2.34. The largest absolute Gasteiger partial charge is 0.456 e. The fourth-order valence-electron chi connectivity index (χ4n) is 4.67. The van der Waals surface area contributed by atoms with Gasteiger partial charge >= 0.3 is 0 Å². The monoisotopic (exact) mass is 517 g/mol. The molecule has 2 saturated heterocycles. The molecule has 12 heteroatoms. The highest BCUT2D eigenvalue weighted by atomic mass is 35.5. The van der Waals surface area contributed by atoms with Crippen molar-refractivity contribution in [1.29, 1.82) is 0 Å². The quantitative estimate of drug-likeness (QED) is 0.361. The van der Waals surface area contributed by atoms with Crippen molar-refractivity contribution in [2.24, 2.45) is 0 Å². The molecule has 0 spiro atoms. The van der Waals surface area contributed by atoms with Gasteiger partial charge < -0.3 is 24.3 Å². The molecule has 2 aliphatic heterocycles. The average molecular weight is 518 g/mol. The van der Waals surface area contributed by atoms with Crippen LogP contribution in [0.15, 0.2) is 61.1 Å². The lowest BCUT2D eigenvalue weighted by molar-refractivity contribution is 0.00706. The topological polar surface area (TPSA) is 133 Å². The summed E-state index contributed by atoms with van der Waals surface area (Å²) in [5.74, 6) is 0.644. The Hall–Kier alpha value is -3.90. The third kappa shape index (κ3) is 4.02. The lowest BCUT2D eigenvalue weighted by Gasteiger charge is -2.15. The number of aliphatic hydroxyl groups is 1. The minimum Gasteiger partial charge on any atom is -0.456 e. The third-order valence-corrected chi connectivity index (χ3v) is 6.80. The number of rotatable bonds is 5. The van der Waals surface area contributed by atoms with Crippen molar-refractivity contribution in [3.63, 3.8) is 0 Å². The number of halogens is 1. The predicted molar refractivity (Wildman–Crippen MR) is 132 cm³/mol. The van der Waals surface area contributed by atoms with Crippen LogP contribution in [0.25, 0.3) is 39.4 Å². The first-order chi connectivity index (χ1) is 18.1. The van der Waals surface area contributed by atoms with Gasteiger partial charge in [0.2, 0.25) is 0 Å². The second-order valence-electron chi connectivity index (χ2n) is 8.85. The molecule has 0 saturated carbocycles. The average Bonchev–Trinajstić information content (AvgIpc) is 3.71. The molecule has 2 fully saturated rings. The van der Waals surface area contributed by atoms with Crippen molar-refractivity contribution in [3.8, 4) is 34.2 Å². The van der Waals surface area contributed by atoms with E-state index in [1.54, 1.807) is 24.7 Å². The minimum atomic E-state index is -0.640. The number of pyridine rings is 2. The number of aromatic amines is 1. The zero-order valence-corrected chi connectivity index (χ0v) is 20.0. The first kappa shape index (κ1) is 22.3. The van der Waals surface area contributed by atoms with Crippen LogP contribution in [0.5, 0.6) is 6.01 Å². The van der Waals surface area contributed by atoms with Crippen molar-refractivity contribution < 1.29 is 19.3 Å². The Morgan fingerprint density at radius 1 is 0.946 bits per heavy atom. The second-order valence-corrected chi connectivity index (χ2v) is 9.26. The number of hydrogen-bond acceptors (Lipinski definition) is 9. The van der Waals surface area contributed by atoms with Crippen LogP contribution in [0.2, 0.25) is 5.02 Å². The molecule has 5 aromatic rings. The smallest absolute Gasteiger partial charge is 0.296 e. The molecule has 4 aromatic heterocycles. The summed E-state index contributed by atoms with van der Waals surface area (Å²) in [6.07, 6.45) is 3.28. The Kier molecular flexibility index (Phi) is 5.36. The number of nitrogens with one attached hydrogen (secondary N) is 1. The fourth-order valence-corrected chi connectivity index (χ4v) is 4.93. The van der Waals surface area contributed by atoms with Gasteiger partial charge in [-0.15, -0.1) is 4.80 Å². The van der Waals surface area contributed by atoms with Gasteiger partial charge in [-0.3, -0.25) is 0 Å². The van der Waals surface area contributed by atoms with Gasteiger partial charge in [0.25, 0.3) is 6.01 Å². The normalized spacial score (nSPS) is 23.0. The third-order valence-electron chi connectivity index (χ3n) is 6.51. The zero-order chi connectivity index (χ0) is 24.9. The molecule has 2 aliphatic rings. The van der Waals surface area contributed by atoms with E-state index >= 15 is 0 Å². The Bertz CT molecular complexity index is 1560. The molecule has 4 atom stereocenters. The molecule has 1 aromatic carbocycles. The van der Waals surface area contributed by atoms with Gasteiger partial charge in [0.05, 0.1) is 41.8 Å². The zero-order valence-electron chi connectivity index (χ0n) is 19.2. The number of aromatic nitrogens is 7. The SMILES string of the molecule is O[C@@H]1CO[C@H]2[C@@H]1OC[C@H]2Oc1nc2nc(-c3ccc(-c4ccc(-n5nccn5)nc4)cc3)c(Cl)cc2[nH]1. The highest BCUT2D eigenvalue weighted by Gasteiger charge is 2.48. The molecule has 7 rings (SSSR count). The van der Waals surface area contributed by atoms with Gasteiger partial charge in [-0.05, 0) is 23.8 Å².